The first-order valence-electron chi connectivity index (χ1n) is 6.94. The van der Waals surface area contributed by atoms with Gasteiger partial charge >= 0.3 is 0 Å². The van der Waals surface area contributed by atoms with Crippen molar-refractivity contribution < 1.29 is 9.21 Å². The average molecular weight is 309 g/mol. The average Bonchev–Trinajstić information content (AvgIpc) is 3.04. The summed E-state index contributed by atoms with van der Waals surface area (Å²) in [6.45, 7) is 0. The minimum Gasteiger partial charge on any atom is -0.455 e. The van der Waals surface area contributed by atoms with Crippen molar-refractivity contribution in [2.45, 2.75) is 10.6 Å². The molecule has 0 radical (unpaired) electrons. The Labute approximate surface area is 133 Å². The van der Waals surface area contributed by atoms with Crippen molar-refractivity contribution in [3.8, 4) is 0 Å². The van der Waals surface area contributed by atoms with Crippen molar-refractivity contribution in [2.24, 2.45) is 0 Å². The van der Waals surface area contributed by atoms with Crippen LogP contribution in [0.5, 0.6) is 0 Å². The van der Waals surface area contributed by atoms with E-state index in [-0.39, 0.29) is 5.91 Å². The fourth-order valence-electron chi connectivity index (χ4n) is 1.96. The molecular formula is C18H15NO2S. The summed E-state index contributed by atoms with van der Waals surface area (Å²) < 4.78 is 5.61. The van der Waals surface area contributed by atoms with E-state index in [1.54, 1.807) is 17.8 Å². The lowest BCUT2D eigenvalue weighted by molar-refractivity contribution is 0.0995. The second-order valence-corrected chi connectivity index (χ2v) is 5.74. The minimum absolute atomic E-state index is 0.234. The first-order valence-corrected chi connectivity index (χ1v) is 7.93. The molecule has 0 spiro atoms. The molecule has 110 valence electrons. The summed E-state index contributed by atoms with van der Waals surface area (Å²) >= 11 is 1.68. The molecule has 22 heavy (non-hydrogen) atoms. The van der Waals surface area contributed by atoms with E-state index in [1.165, 1.54) is 4.90 Å². The van der Waals surface area contributed by atoms with Gasteiger partial charge in [-0.1, -0.05) is 36.4 Å². The molecule has 0 bridgehead atoms. The van der Waals surface area contributed by atoms with Gasteiger partial charge in [0.05, 0.1) is 5.75 Å². The van der Waals surface area contributed by atoms with E-state index in [2.05, 4.69) is 17.4 Å². The molecule has 3 aromatic rings. The lowest BCUT2D eigenvalue weighted by atomic mass is 10.3. The number of furan rings is 1. The summed E-state index contributed by atoms with van der Waals surface area (Å²) in [5.74, 6) is 1.57. The number of carbonyl (C=O) groups is 1. The summed E-state index contributed by atoms with van der Waals surface area (Å²) in [4.78, 5) is 13.3. The Kier molecular flexibility index (Phi) is 4.61. The highest BCUT2D eigenvalue weighted by molar-refractivity contribution is 7.98. The van der Waals surface area contributed by atoms with Crippen LogP contribution in [-0.2, 0) is 5.75 Å². The van der Waals surface area contributed by atoms with Gasteiger partial charge in [0.15, 0.2) is 5.76 Å². The maximum Gasteiger partial charge on any atom is 0.291 e. The molecule has 0 saturated carbocycles. The molecule has 0 aliphatic rings. The van der Waals surface area contributed by atoms with E-state index in [0.717, 1.165) is 11.4 Å². The zero-order valence-corrected chi connectivity index (χ0v) is 12.7. The molecule has 0 saturated heterocycles. The molecule has 1 aromatic heterocycles. The number of carbonyl (C=O) groups excluding carboxylic acids is 1. The fourth-order valence-corrected chi connectivity index (χ4v) is 2.78. The van der Waals surface area contributed by atoms with Crippen molar-refractivity contribution in [1.29, 1.82) is 0 Å². The van der Waals surface area contributed by atoms with Crippen LogP contribution in [0.15, 0.2) is 82.1 Å². The number of para-hydroxylation sites is 1. The van der Waals surface area contributed by atoms with Gasteiger partial charge in [-0.25, -0.2) is 0 Å². The van der Waals surface area contributed by atoms with Crippen molar-refractivity contribution in [3.63, 3.8) is 0 Å². The lowest BCUT2D eigenvalue weighted by Gasteiger charge is -2.02. The van der Waals surface area contributed by atoms with Gasteiger partial charge in [-0.05, 0) is 36.4 Å². The number of rotatable bonds is 5. The Hall–Kier alpha value is -2.46. The summed E-state index contributed by atoms with van der Waals surface area (Å²) in [6.07, 6.45) is 0. The maximum atomic E-state index is 12.1. The van der Waals surface area contributed by atoms with Gasteiger partial charge in [-0.15, -0.1) is 11.8 Å². The van der Waals surface area contributed by atoms with Crippen LogP contribution in [0.2, 0.25) is 0 Å². The van der Waals surface area contributed by atoms with Crippen LogP contribution >= 0.6 is 11.8 Å². The number of anilines is 1. The first-order chi connectivity index (χ1) is 10.8. The molecule has 2 aromatic carbocycles. The molecule has 4 heteroatoms. The molecule has 0 fully saturated rings. The van der Waals surface area contributed by atoms with Gasteiger partial charge in [-0.2, -0.15) is 0 Å². The predicted octanol–water partition coefficient (Wildman–Crippen LogP) is 4.82. The zero-order valence-electron chi connectivity index (χ0n) is 11.9. The number of thioether (sulfide) groups is 1. The highest BCUT2D eigenvalue weighted by Crippen LogP contribution is 2.23. The smallest absolute Gasteiger partial charge is 0.291 e. The molecule has 3 nitrogen and oxygen atoms in total. The fraction of sp³-hybridized carbons (Fsp3) is 0.0556. The lowest BCUT2D eigenvalue weighted by Crippen LogP contribution is -2.10. The zero-order chi connectivity index (χ0) is 15.2. The van der Waals surface area contributed by atoms with Crippen molar-refractivity contribution in [1.82, 2.24) is 0 Å². The normalized spacial score (nSPS) is 10.4. The van der Waals surface area contributed by atoms with Crippen LogP contribution in [0.1, 0.15) is 16.3 Å². The summed E-state index contributed by atoms with van der Waals surface area (Å²) in [5, 5.41) is 2.81. The van der Waals surface area contributed by atoms with Gasteiger partial charge < -0.3 is 9.73 Å². The molecular weight excluding hydrogens is 294 g/mol. The number of hydrogen-bond donors (Lipinski definition) is 1. The van der Waals surface area contributed by atoms with Crippen LogP contribution < -0.4 is 5.32 Å². The van der Waals surface area contributed by atoms with E-state index < -0.39 is 0 Å². The predicted molar refractivity (Wildman–Crippen MR) is 89.1 cm³/mol. The van der Waals surface area contributed by atoms with E-state index in [0.29, 0.717) is 11.5 Å². The first kappa shape index (κ1) is 14.5. The van der Waals surface area contributed by atoms with Crippen molar-refractivity contribution >= 4 is 23.4 Å². The van der Waals surface area contributed by atoms with Crippen LogP contribution in [0.25, 0.3) is 0 Å². The molecule has 1 N–H and O–H groups in total. The third-order valence-corrected chi connectivity index (χ3v) is 4.08. The molecule has 0 unspecified atom stereocenters. The largest absolute Gasteiger partial charge is 0.455 e. The van der Waals surface area contributed by atoms with Crippen molar-refractivity contribution in [3.05, 3.63) is 84.3 Å². The second kappa shape index (κ2) is 7.00. The van der Waals surface area contributed by atoms with Crippen LogP contribution in [-0.4, -0.2) is 5.91 Å². The second-order valence-electron chi connectivity index (χ2n) is 4.69. The molecule has 0 aliphatic heterocycles. The number of nitrogens with one attached hydrogen (secondary N) is 1. The monoisotopic (exact) mass is 309 g/mol. The van der Waals surface area contributed by atoms with Gasteiger partial charge in [-0.3, -0.25) is 4.79 Å². The van der Waals surface area contributed by atoms with E-state index >= 15 is 0 Å². The summed E-state index contributed by atoms with van der Waals surface area (Å²) in [6, 6.07) is 23.0. The van der Waals surface area contributed by atoms with Gasteiger partial charge in [0.1, 0.15) is 5.76 Å². The summed E-state index contributed by atoms with van der Waals surface area (Å²) in [7, 11) is 0. The van der Waals surface area contributed by atoms with Crippen molar-refractivity contribution in [2.75, 3.05) is 5.32 Å². The van der Waals surface area contributed by atoms with E-state index in [1.807, 2.05) is 54.6 Å². The maximum absolute atomic E-state index is 12.1. The third-order valence-electron chi connectivity index (χ3n) is 3.04. The Bertz CT molecular complexity index is 738. The highest BCUT2D eigenvalue weighted by atomic mass is 32.2. The van der Waals surface area contributed by atoms with E-state index in [9.17, 15) is 4.79 Å². The van der Waals surface area contributed by atoms with Gasteiger partial charge in [0, 0.05) is 10.6 Å². The quantitative estimate of drug-likeness (QED) is 0.687. The number of benzene rings is 2. The standard InChI is InChI=1S/C18H15NO2S/c20-18(19-14-7-3-1-4-8-14)17-12-11-15(21-17)13-22-16-9-5-2-6-10-16/h1-12H,13H2,(H,19,20). The molecule has 3 rings (SSSR count). The van der Waals surface area contributed by atoms with E-state index in [4.69, 9.17) is 4.42 Å². The Morgan fingerprint density at radius 1 is 0.909 bits per heavy atom. The van der Waals surface area contributed by atoms with Gasteiger partial charge in [0.2, 0.25) is 0 Å². The minimum atomic E-state index is -0.234. The highest BCUT2D eigenvalue weighted by Gasteiger charge is 2.11. The van der Waals surface area contributed by atoms with Gasteiger partial charge in [0.25, 0.3) is 5.91 Å². The molecule has 1 heterocycles. The Morgan fingerprint density at radius 3 is 2.32 bits per heavy atom. The Balaban J connectivity index is 1.60. The van der Waals surface area contributed by atoms with Crippen LogP contribution in [0.4, 0.5) is 5.69 Å². The topological polar surface area (TPSA) is 42.2 Å². The molecule has 0 aliphatic carbocycles. The number of amides is 1. The Morgan fingerprint density at radius 2 is 1.59 bits per heavy atom. The van der Waals surface area contributed by atoms with Crippen LogP contribution in [0.3, 0.4) is 0 Å². The van der Waals surface area contributed by atoms with Crippen LogP contribution in [0, 0.1) is 0 Å². The molecule has 1 amide bonds. The third kappa shape index (κ3) is 3.80. The molecule has 0 atom stereocenters. The number of hydrogen-bond acceptors (Lipinski definition) is 3. The SMILES string of the molecule is O=C(Nc1ccccc1)c1ccc(CSc2ccccc2)o1. The summed E-state index contributed by atoms with van der Waals surface area (Å²) in [5.41, 5.74) is 0.754.